The maximum atomic E-state index is 14.0. The smallest absolute Gasteiger partial charge is 0.260 e. The van der Waals surface area contributed by atoms with Crippen molar-refractivity contribution in [3.05, 3.63) is 111 Å². The van der Waals surface area contributed by atoms with Crippen molar-refractivity contribution in [2.45, 2.75) is 31.9 Å². The van der Waals surface area contributed by atoms with Crippen molar-refractivity contribution in [1.29, 1.82) is 0 Å². The van der Waals surface area contributed by atoms with E-state index in [2.05, 4.69) is 52.2 Å². The fraction of sp³-hybridized carbons (Fsp3) is 0.179. The van der Waals surface area contributed by atoms with Gasteiger partial charge in [-0.1, -0.05) is 55.1 Å². The number of rotatable bonds is 9. The van der Waals surface area contributed by atoms with Gasteiger partial charge in [-0.25, -0.2) is 4.39 Å². The van der Waals surface area contributed by atoms with Crippen LogP contribution in [0.3, 0.4) is 0 Å². The monoisotopic (exact) mass is 552 g/mol. The van der Waals surface area contributed by atoms with E-state index in [1.165, 1.54) is 23.4 Å². The first kappa shape index (κ1) is 25.1. The Kier molecular flexibility index (Phi) is 8.31. The summed E-state index contributed by atoms with van der Waals surface area (Å²) in [5, 5.41) is 6.31. The number of hydrogen-bond acceptors (Lipinski definition) is 4. The minimum Gasteiger partial charge on any atom is -0.487 e. The van der Waals surface area contributed by atoms with E-state index in [1.807, 2.05) is 30.3 Å². The Balaban J connectivity index is 1.50. The van der Waals surface area contributed by atoms with Gasteiger partial charge < -0.3 is 15.4 Å². The van der Waals surface area contributed by atoms with Crippen molar-refractivity contribution >= 4 is 45.4 Å². The first-order valence-corrected chi connectivity index (χ1v) is 13.0. The van der Waals surface area contributed by atoms with Crippen molar-refractivity contribution in [2.75, 3.05) is 5.32 Å². The zero-order valence-corrected chi connectivity index (χ0v) is 21.7. The molecule has 7 heteroatoms. The summed E-state index contributed by atoms with van der Waals surface area (Å²) < 4.78 is 20.7. The zero-order valence-electron chi connectivity index (χ0n) is 19.3. The van der Waals surface area contributed by atoms with E-state index in [0.717, 1.165) is 27.7 Å². The Bertz CT molecular complexity index is 1260. The van der Waals surface area contributed by atoms with E-state index in [0.29, 0.717) is 22.6 Å². The number of aryl methyl sites for hydroxylation is 1. The van der Waals surface area contributed by atoms with Crippen molar-refractivity contribution in [3.63, 3.8) is 0 Å². The summed E-state index contributed by atoms with van der Waals surface area (Å²) in [6.07, 6.45) is 5.20. The number of allylic oxidation sites excluding steroid dienone is 1. The van der Waals surface area contributed by atoms with Gasteiger partial charge in [0.15, 0.2) is 5.50 Å². The van der Waals surface area contributed by atoms with Gasteiger partial charge in [-0.2, -0.15) is 0 Å². The highest BCUT2D eigenvalue weighted by atomic mass is 79.9. The van der Waals surface area contributed by atoms with Crippen LogP contribution in [-0.4, -0.2) is 11.4 Å². The van der Waals surface area contributed by atoms with E-state index in [-0.39, 0.29) is 23.8 Å². The molecular formula is C28H26BrFN2O2S. The summed E-state index contributed by atoms with van der Waals surface area (Å²) in [7, 11) is 0. The molecule has 3 aromatic carbocycles. The van der Waals surface area contributed by atoms with E-state index < -0.39 is 0 Å². The number of ether oxygens (including phenoxy) is 1. The molecule has 2 N–H and O–H groups in total. The normalized spacial score (nSPS) is 16.3. The second-order valence-corrected chi connectivity index (χ2v) is 10.0. The van der Waals surface area contributed by atoms with Gasteiger partial charge in [0.1, 0.15) is 18.2 Å². The molecule has 0 saturated carbocycles. The van der Waals surface area contributed by atoms with E-state index >= 15 is 0 Å². The Morgan fingerprint density at radius 2 is 1.94 bits per heavy atom. The zero-order chi connectivity index (χ0) is 24.8. The van der Waals surface area contributed by atoms with Crippen LogP contribution in [0.4, 0.5) is 10.1 Å². The predicted octanol–water partition coefficient (Wildman–Crippen LogP) is 7.06. The lowest BCUT2D eigenvalue weighted by atomic mass is 10.1. The van der Waals surface area contributed by atoms with Gasteiger partial charge in [0.2, 0.25) is 0 Å². The molecule has 1 heterocycles. The van der Waals surface area contributed by atoms with Gasteiger partial charge in [-0.05, 0) is 81.9 Å². The molecule has 0 bridgehead atoms. The van der Waals surface area contributed by atoms with Gasteiger partial charge >= 0.3 is 0 Å². The Morgan fingerprint density at radius 1 is 1.17 bits per heavy atom. The second-order valence-electron chi connectivity index (χ2n) is 8.04. The molecule has 0 aliphatic carbocycles. The SMILES string of the molecule is C=CCc1cc(/C=C2\S[C@@H](Nc3ccc(CC)cc3)NC2=O)cc(Br)c1OCc1ccccc1F. The second kappa shape index (κ2) is 11.6. The third-order valence-electron chi connectivity index (χ3n) is 5.53. The third kappa shape index (κ3) is 6.35. The third-order valence-corrected chi connectivity index (χ3v) is 7.14. The highest BCUT2D eigenvalue weighted by Crippen LogP contribution is 2.35. The number of carbonyl (C=O) groups is 1. The summed E-state index contributed by atoms with van der Waals surface area (Å²) in [6.45, 7) is 6.07. The van der Waals surface area contributed by atoms with Crippen LogP contribution in [0.15, 0.2) is 82.7 Å². The fourth-order valence-corrected chi connectivity index (χ4v) is 5.31. The maximum absolute atomic E-state index is 14.0. The fourth-order valence-electron chi connectivity index (χ4n) is 3.70. The van der Waals surface area contributed by atoms with Crippen molar-refractivity contribution in [1.82, 2.24) is 5.32 Å². The number of anilines is 1. The quantitative estimate of drug-likeness (QED) is 0.220. The van der Waals surface area contributed by atoms with Crippen molar-refractivity contribution in [2.24, 2.45) is 0 Å². The van der Waals surface area contributed by atoms with E-state index in [9.17, 15) is 9.18 Å². The van der Waals surface area contributed by atoms with Gasteiger partial charge in [0.05, 0.1) is 9.38 Å². The van der Waals surface area contributed by atoms with Crippen LogP contribution in [0.5, 0.6) is 5.75 Å². The molecular weight excluding hydrogens is 527 g/mol. The number of amides is 1. The number of hydrogen-bond donors (Lipinski definition) is 2. The van der Waals surface area contributed by atoms with Crippen molar-refractivity contribution in [3.8, 4) is 5.75 Å². The molecule has 0 unspecified atom stereocenters. The van der Waals surface area contributed by atoms with Crippen LogP contribution < -0.4 is 15.4 Å². The van der Waals surface area contributed by atoms with Gasteiger partial charge in [0.25, 0.3) is 5.91 Å². The first-order chi connectivity index (χ1) is 17.0. The molecule has 35 heavy (non-hydrogen) atoms. The molecule has 1 amide bonds. The van der Waals surface area contributed by atoms with Crippen LogP contribution in [0.2, 0.25) is 0 Å². The molecule has 1 aliphatic heterocycles. The average Bonchev–Trinajstić information content (AvgIpc) is 3.18. The Labute approximate surface area is 217 Å². The van der Waals surface area contributed by atoms with Crippen LogP contribution >= 0.6 is 27.7 Å². The summed E-state index contributed by atoms with van der Waals surface area (Å²) in [5.41, 5.74) is 4.21. The predicted molar refractivity (Wildman–Crippen MR) is 146 cm³/mol. The van der Waals surface area contributed by atoms with E-state index in [4.69, 9.17) is 4.74 Å². The molecule has 1 saturated heterocycles. The largest absolute Gasteiger partial charge is 0.487 e. The molecule has 180 valence electrons. The molecule has 4 nitrogen and oxygen atoms in total. The van der Waals surface area contributed by atoms with Crippen LogP contribution in [0, 0.1) is 5.82 Å². The number of carbonyl (C=O) groups excluding carboxylic acids is 1. The van der Waals surface area contributed by atoms with E-state index in [1.54, 1.807) is 24.3 Å². The van der Waals surface area contributed by atoms with Gasteiger partial charge in [0, 0.05) is 11.3 Å². The van der Waals surface area contributed by atoms with Gasteiger partial charge in [-0.3, -0.25) is 4.79 Å². The minimum atomic E-state index is -0.302. The summed E-state index contributed by atoms with van der Waals surface area (Å²) in [4.78, 5) is 13.2. The number of thioether (sulfide) groups is 1. The highest BCUT2D eigenvalue weighted by molar-refractivity contribution is 9.10. The van der Waals surface area contributed by atoms with Crippen molar-refractivity contribution < 1.29 is 13.9 Å². The summed E-state index contributed by atoms with van der Waals surface area (Å²) in [5.74, 6) is 0.205. The lowest BCUT2D eigenvalue weighted by Crippen LogP contribution is -2.30. The molecule has 0 spiro atoms. The molecule has 1 fully saturated rings. The molecule has 4 rings (SSSR count). The molecule has 0 radical (unpaired) electrons. The number of benzene rings is 3. The lowest BCUT2D eigenvalue weighted by Gasteiger charge is -2.14. The lowest BCUT2D eigenvalue weighted by molar-refractivity contribution is -0.116. The Hall–Kier alpha value is -3.03. The van der Waals surface area contributed by atoms with Crippen LogP contribution in [-0.2, 0) is 24.2 Å². The van der Waals surface area contributed by atoms with Crippen LogP contribution in [0.25, 0.3) is 6.08 Å². The molecule has 1 atom stereocenters. The minimum absolute atomic E-state index is 0.112. The summed E-state index contributed by atoms with van der Waals surface area (Å²) in [6, 6.07) is 18.6. The molecule has 3 aromatic rings. The van der Waals surface area contributed by atoms with Crippen LogP contribution in [0.1, 0.15) is 29.2 Å². The topological polar surface area (TPSA) is 50.4 Å². The number of halogens is 2. The number of nitrogens with one attached hydrogen (secondary N) is 2. The summed E-state index contributed by atoms with van der Waals surface area (Å²) >= 11 is 5.03. The molecule has 1 aliphatic rings. The average molecular weight is 553 g/mol. The highest BCUT2D eigenvalue weighted by Gasteiger charge is 2.27. The van der Waals surface area contributed by atoms with Gasteiger partial charge in [-0.15, -0.1) is 6.58 Å². The first-order valence-electron chi connectivity index (χ1n) is 11.3. The standard InChI is InChI=1S/C28H26BrFN2O2S/c1-3-7-20-14-19(15-23(29)26(20)34-17-21-8-5-6-9-24(21)30)16-25-27(33)32-28(35-25)31-22-12-10-18(4-2)11-13-22/h3,5-6,8-16,28,31H,1,4,7,17H2,2H3,(H,32,33)/b25-16-/t28-/m0/s1. The Morgan fingerprint density at radius 3 is 2.66 bits per heavy atom. The maximum Gasteiger partial charge on any atom is 0.260 e. The molecule has 0 aromatic heterocycles.